The summed E-state index contributed by atoms with van der Waals surface area (Å²) in [5, 5.41) is 6.70. The van der Waals surface area contributed by atoms with Gasteiger partial charge in [-0.05, 0) is 17.5 Å². The second-order valence-electron chi connectivity index (χ2n) is 5.08. The van der Waals surface area contributed by atoms with Gasteiger partial charge in [0, 0.05) is 12.5 Å². The molecular weight excluding hydrogens is 231 g/mol. The minimum atomic E-state index is -4.45. The van der Waals surface area contributed by atoms with E-state index in [1.165, 1.54) is 6.07 Å². The molecule has 0 saturated carbocycles. The SMILES string of the molecule is CC(C)(C)C(N)Cc1ccc(C(F)(F)F)nn1. The Labute approximate surface area is 98.2 Å². The fourth-order valence-electron chi connectivity index (χ4n) is 1.15. The van der Waals surface area contributed by atoms with E-state index in [2.05, 4.69) is 10.2 Å². The highest BCUT2D eigenvalue weighted by Crippen LogP contribution is 2.27. The lowest BCUT2D eigenvalue weighted by Gasteiger charge is -2.26. The molecule has 1 atom stereocenters. The van der Waals surface area contributed by atoms with Crippen molar-refractivity contribution < 1.29 is 13.2 Å². The summed E-state index contributed by atoms with van der Waals surface area (Å²) < 4.78 is 36.7. The maximum atomic E-state index is 12.2. The van der Waals surface area contributed by atoms with E-state index in [0.717, 1.165) is 6.07 Å². The third-order valence-corrected chi connectivity index (χ3v) is 2.55. The van der Waals surface area contributed by atoms with E-state index in [4.69, 9.17) is 5.73 Å². The normalized spacial score (nSPS) is 14.8. The van der Waals surface area contributed by atoms with E-state index in [9.17, 15) is 13.2 Å². The summed E-state index contributed by atoms with van der Waals surface area (Å²) in [5.74, 6) is 0. The molecular formula is C11H16F3N3. The van der Waals surface area contributed by atoms with Crippen LogP contribution in [0.5, 0.6) is 0 Å². The quantitative estimate of drug-likeness (QED) is 0.873. The van der Waals surface area contributed by atoms with Crippen LogP contribution in [0.25, 0.3) is 0 Å². The fourth-order valence-corrected chi connectivity index (χ4v) is 1.15. The molecule has 1 heterocycles. The van der Waals surface area contributed by atoms with E-state index in [1.807, 2.05) is 20.8 Å². The van der Waals surface area contributed by atoms with E-state index < -0.39 is 11.9 Å². The summed E-state index contributed by atoms with van der Waals surface area (Å²) in [6, 6.07) is 2.08. The summed E-state index contributed by atoms with van der Waals surface area (Å²) in [6.07, 6.45) is -4.04. The third-order valence-electron chi connectivity index (χ3n) is 2.55. The molecule has 17 heavy (non-hydrogen) atoms. The number of halogens is 3. The van der Waals surface area contributed by atoms with E-state index in [-0.39, 0.29) is 11.5 Å². The predicted molar refractivity (Wildman–Crippen MR) is 58.2 cm³/mol. The van der Waals surface area contributed by atoms with Crippen molar-refractivity contribution in [3.8, 4) is 0 Å². The maximum Gasteiger partial charge on any atom is 0.435 e. The molecule has 6 heteroatoms. The summed E-state index contributed by atoms with van der Waals surface area (Å²) in [4.78, 5) is 0. The number of nitrogens with zero attached hydrogens (tertiary/aromatic N) is 2. The van der Waals surface area contributed by atoms with Crippen molar-refractivity contribution in [1.29, 1.82) is 0 Å². The van der Waals surface area contributed by atoms with Crippen LogP contribution >= 0.6 is 0 Å². The predicted octanol–water partition coefficient (Wildman–Crippen LogP) is 2.41. The van der Waals surface area contributed by atoms with Gasteiger partial charge in [0.25, 0.3) is 0 Å². The molecule has 1 unspecified atom stereocenters. The van der Waals surface area contributed by atoms with E-state index in [0.29, 0.717) is 12.1 Å². The Bertz CT molecular complexity index is 365. The highest BCUT2D eigenvalue weighted by atomic mass is 19.4. The van der Waals surface area contributed by atoms with Crippen LogP contribution in [0.15, 0.2) is 12.1 Å². The van der Waals surface area contributed by atoms with Gasteiger partial charge in [0.15, 0.2) is 5.69 Å². The Morgan fingerprint density at radius 1 is 1.18 bits per heavy atom. The summed E-state index contributed by atoms with van der Waals surface area (Å²) in [5.41, 5.74) is 5.29. The van der Waals surface area contributed by atoms with Gasteiger partial charge in [0.1, 0.15) is 0 Å². The lowest BCUT2D eigenvalue weighted by Crippen LogP contribution is -2.37. The molecule has 96 valence electrons. The Kier molecular flexibility index (Phi) is 3.76. The average Bonchev–Trinajstić information content (AvgIpc) is 2.15. The molecule has 0 aliphatic rings. The largest absolute Gasteiger partial charge is 0.435 e. The third kappa shape index (κ3) is 3.96. The first-order chi connectivity index (χ1) is 7.60. The summed E-state index contributed by atoms with van der Waals surface area (Å²) in [7, 11) is 0. The lowest BCUT2D eigenvalue weighted by atomic mass is 9.85. The highest BCUT2D eigenvalue weighted by molar-refractivity contribution is 5.10. The molecule has 0 aliphatic heterocycles. The molecule has 1 aromatic heterocycles. The number of aromatic nitrogens is 2. The second-order valence-corrected chi connectivity index (χ2v) is 5.08. The second kappa shape index (κ2) is 4.60. The van der Waals surface area contributed by atoms with Crippen LogP contribution in [0.2, 0.25) is 0 Å². The van der Waals surface area contributed by atoms with Crippen molar-refractivity contribution in [2.24, 2.45) is 11.1 Å². The van der Waals surface area contributed by atoms with Gasteiger partial charge in [-0.3, -0.25) is 0 Å². The molecule has 2 N–H and O–H groups in total. The van der Waals surface area contributed by atoms with Gasteiger partial charge >= 0.3 is 6.18 Å². The van der Waals surface area contributed by atoms with E-state index in [1.54, 1.807) is 0 Å². The molecule has 0 bridgehead atoms. The first-order valence-electron chi connectivity index (χ1n) is 5.26. The summed E-state index contributed by atoms with van der Waals surface area (Å²) >= 11 is 0. The Hall–Kier alpha value is -1.17. The molecule has 0 aliphatic carbocycles. The van der Waals surface area contributed by atoms with Gasteiger partial charge in [-0.1, -0.05) is 20.8 Å². The number of hydrogen-bond donors (Lipinski definition) is 1. The number of alkyl halides is 3. The number of rotatable bonds is 2. The van der Waals surface area contributed by atoms with E-state index >= 15 is 0 Å². The van der Waals surface area contributed by atoms with Gasteiger partial charge in [-0.2, -0.15) is 18.3 Å². The number of hydrogen-bond acceptors (Lipinski definition) is 3. The van der Waals surface area contributed by atoms with Crippen LogP contribution in [0.1, 0.15) is 32.2 Å². The van der Waals surface area contributed by atoms with Crippen LogP contribution in [0.3, 0.4) is 0 Å². The van der Waals surface area contributed by atoms with Gasteiger partial charge in [0.05, 0.1) is 5.69 Å². The Morgan fingerprint density at radius 3 is 2.12 bits per heavy atom. The van der Waals surface area contributed by atoms with Crippen molar-refractivity contribution >= 4 is 0 Å². The zero-order valence-electron chi connectivity index (χ0n) is 10.0. The van der Waals surface area contributed by atoms with Crippen molar-refractivity contribution in [2.45, 2.75) is 39.4 Å². The molecule has 0 amide bonds. The zero-order valence-corrected chi connectivity index (χ0v) is 10.0. The van der Waals surface area contributed by atoms with Crippen molar-refractivity contribution in [3.05, 3.63) is 23.5 Å². The monoisotopic (exact) mass is 247 g/mol. The van der Waals surface area contributed by atoms with Crippen LogP contribution in [0.4, 0.5) is 13.2 Å². The minimum absolute atomic E-state index is 0.121. The smallest absolute Gasteiger partial charge is 0.327 e. The van der Waals surface area contributed by atoms with Crippen LogP contribution in [-0.2, 0) is 12.6 Å². The first kappa shape index (κ1) is 13.9. The Balaban J connectivity index is 2.76. The van der Waals surface area contributed by atoms with Gasteiger partial charge in [-0.25, -0.2) is 0 Å². The maximum absolute atomic E-state index is 12.2. The molecule has 3 nitrogen and oxygen atoms in total. The van der Waals surface area contributed by atoms with Crippen molar-refractivity contribution in [2.75, 3.05) is 0 Å². The standard InChI is InChI=1S/C11H16F3N3/c1-10(2,3)8(15)6-7-4-5-9(17-16-7)11(12,13)14/h4-5,8H,6,15H2,1-3H3. The van der Waals surface area contributed by atoms with Gasteiger partial charge < -0.3 is 5.73 Å². The number of nitrogens with two attached hydrogens (primary N) is 1. The summed E-state index contributed by atoms with van der Waals surface area (Å²) in [6.45, 7) is 5.90. The molecule has 0 aromatic carbocycles. The molecule has 0 saturated heterocycles. The van der Waals surface area contributed by atoms with Crippen LogP contribution < -0.4 is 5.73 Å². The van der Waals surface area contributed by atoms with Crippen LogP contribution in [-0.4, -0.2) is 16.2 Å². The average molecular weight is 247 g/mol. The minimum Gasteiger partial charge on any atom is -0.327 e. The molecule has 0 fully saturated rings. The van der Waals surface area contributed by atoms with Gasteiger partial charge in [0.2, 0.25) is 0 Å². The zero-order chi connectivity index (χ0) is 13.3. The van der Waals surface area contributed by atoms with Crippen molar-refractivity contribution in [1.82, 2.24) is 10.2 Å². The van der Waals surface area contributed by atoms with Crippen LogP contribution in [0, 0.1) is 5.41 Å². The highest BCUT2D eigenvalue weighted by Gasteiger charge is 2.33. The Morgan fingerprint density at radius 2 is 1.76 bits per heavy atom. The van der Waals surface area contributed by atoms with Gasteiger partial charge in [-0.15, -0.1) is 5.10 Å². The lowest BCUT2D eigenvalue weighted by molar-refractivity contribution is -0.141. The first-order valence-corrected chi connectivity index (χ1v) is 5.26. The molecule has 1 aromatic rings. The fraction of sp³-hybridized carbons (Fsp3) is 0.636. The molecule has 0 radical (unpaired) electrons. The topological polar surface area (TPSA) is 51.8 Å². The molecule has 1 rings (SSSR count). The van der Waals surface area contributed by atoms with Crippen molar-refractivity contribution in [3.63, 3.8) is 0 Å². The molecule has 0 spiro atoms.